The number of hydrogen-bond acceptors (Lipinski definition) is 2. The van der Waals surface area contributed by atoms with Crippen LogP contribution in [0.3, 0.4) is 0 Å². The number of rotatable bonds is 4. The molecule has 3 heteroatoms. The van der Waals surface area contributed by atoms with Gasteiger partial charge in [0.1, 0.15) is 0 Å². The number of nitrogens with one attached hydrogen (secondary N) is 1. The second-order valence-corrected chi connectivity index (χ2v) is 4.56. The van der Waals surface area contributed by atoms with Gasteiger partial charge in [-0.2, -0.15) is 0 Å². The average molecular weight is 199 g/mol. The number of hydrogen-bond donors (Lipinski definition) is 1. The van der Waals surface area contributed by atoms with Crippen molar-refractivity contribution in [3.05, 3.63) is 0 Å². The summed E-state index contributed by atoms with van der Waals surface area (Å²) < 4.78 is 0. The lowest BCUT2D eigenvalue weighted by Gasteiger charge is -2.22. The van der Waals surface area contributed by atoms with Crippen LogP contribution in [-0.2, 0) is 0 Å². The largest absolute Gasteiger partial charge is 0.369 e. The van der Waals surface area contributed by atoms with Gasteiger partial charge in [0.2, 0.25) is 0 Å². The summed E-state index contributed by atoms with van der Waals surface area (Å²) in [5.74, 6) is 1.02. The van der Waals surface area contributed by atoms with Crippen molar-refractivity contribution in [3.8, 4) is 0 Å². The monoisotopic (exact) mass is 199 g/mol. The van der Waals surface area contributed by atoms with E-state index in [-0.39, 0.29) is 5.54 Å². The van der Waals surface area contributed by atoms with E-state index in [0.29, 0.717) is 0 Å². The Hall–Kier alpha value is -0.570. The molecule has 0 aliphatic rings. The molecule has 0 fully saturated rings. The van der Waals surface area contributed by atoms with Crippen molar-refractivity contribution in [1.82, 2.24) is 10.2 Å². The molecule has 0 saturated heterocycles. The number of aliphatic imine (C=N–C) groups is 1. The molecule has 0 aromatic rings. The van der Waals surface area contributed by atoms with Crippen molar-refractivity contribution in [3.63, 3.8) is 0 Å². The zero-order chi connectivity index (χ0) is 11.2. The summed E-state index contributed by atoms with van der Waals surface area (Å²) in [5, 5.41) is 3.35. The molecule has 0 aliphatic heterocycles. The van der Waals surface area contributed by atoms with Crippen molar-refractivity contribution in [2.45, 2.75) is 47.1 Å². The minimum absolute atomic E-state index is 0.108. The van der Waals surface area contributed by atoms with E-state index < -0.39 is 0 Å². The highest BCUT2D eigenvalue weighted by Gasteiger charge is 2.08. The van der Waals surface area contributed by atoms with E-state index in [1.165, 1.54) is 0 Å². The van der Waals surface area contributed by atoms with E-state index in [2.05, 4.69) is 49.8 Å². The molecule has 0 spiro atoms. The highest BCUT2D eigenvalue weighted by atomic mass is 15.2. The molecule has 14 heavy (non-hydrogen) atoms. The summed E-state index contributed by atoms with van der Waals surface area (Å²) in [5.41, 5.74) is 0.108. The smallest absolute Gasteiger partial charge is 0.0951 e. The van der Waals surface area contributed by atoms with Gasteiger partial charge >= 0.3 is 0 Å². The van der Waals surface area contributed by atoms with Crippen LogP contribution in [0.1, 0.15) is 41.5 Å². The Morgan fingerprint density at radius 3 is 2.07 bits per heavy atom. The second-order valence-electron chi connectivity index (χ2n) is 4.56. The molecule has 0 bridgehead atoms. The van der Waals surface area contributed by atoms with E-state index in [1.807, 2.05) is 6.92 Å². The van der Waals surface area contributed by atoms with Crippen LogP contribution in [-0.4, -0.2) is 36.0 Å². The normalized spacial score (nSPS) is 13.5. The number of amidine groups is 1. The quantitative estimate of drug-likeness (QED) is 0.554. The third-order valence-corrected chi connectivity index (χ3v) is 1.96. The van der Waals surface area contributed by atoms with Gasteiger partial charge in [0.05, 0.1) is 12.5 Å². The Balaban J connectivity index is 3.99. The maximum absolute atomic E-state index is 4.48. The van der Waals surface area contributed by atoms with E-state index in [0.717, 1.165) is 25.6 Å². The average Bonchev–Trinajstić information content (AvgIpc) is 2.03. The Kier molecular flexibility index (Phi) is 5.77. The van der Waals surface area contributed by atoms with Crippen molar-refractivity contribution >= 4 is 5.84 Å². The first-order valence-corrected chi connectivity index (χ1v) is 5.40. The molecule has 0 aliphatic carbocycles. The summed E-state index contributed by atoms with van der Waals surface area (Å²) in [7, 11) is 0. The van der Waals surface area contributed by atoms with Gasteiger partial charge in [-0.15, -0.1) is 0 Å². The van der Waals surface area contributed by atoms with Crippen LogP contribution in [0.5, 0.6) is 0 Å². The molecule has 0 radical (unpaired) electrons. The first-order valence-electron chi connectivity index (χ1n) is 5.40. The van der Waals surface area contributed by atoms with Crippen molar-refractivity contribution in [2.75, 3.05) is 19.8 Å². The first-order chi connectivity index (χ1) is 6.39. The predicted molar refractivity (Wildman–Crippen MR) is 63.8 cm³/mol. The van der Waals surface area contributed by atoms with Crippen LogP contribution >= 0.6 is 0 Å². The van der Waals surface area contributed by atoms with Gasteiger partial charge in [0, 0.05) is 5.54 Å². The molecule has 0 aromatic heterocycles. The summed E-state index contributed by atoms with van der Waals surface area (Å²) in [4.78, 5) is 6.77. The molecule has 0 heterocycles. The van der Waals surface area contributed by atoms with Gasteiger partial charge in [-0.25, -0.2) is 0 Å². The minimum Gasteiger partial charge on any atom is -0.369 e. The van der Waals surface area contributed by atoms with Crippen molar-refractivity contribution in [2.24, 2.45) is 4.99 Å². The molecular formula is C11H25N3. The van der Waals surface area contributed by atoms with E-state index in [1.54, 1.807) is 0 Å². The molecule has 3 nitrogen and oxygen atoms in total. The highest BCUT2D eigenvalue weighted by molar-refractivity contribution is 5.80. The van der Waals surface area contributed by atoms with Crippen LogP contribution in [0.2, 0.25) is 0 Å². The summed E-state index contributed by atoms with van der Waals surface area (Å²) >= 11 is 0. The maximum Gasteiger partial charge on any atom is 0.0951 e. The first kappa shape index (κ1) is 13.4. The van der Waals surface area contributed by atoms with Crippen LogP contribution in [0.4, 0.5) is 0 Å². The van der Waals surface area contributed by atoms with E-state index in [4.69, 9.17) is 0 Å². The van der Waals surface area contributed by atoms with Crippen molar-refractivity contribution in [1.29, 1.82) is 0 Å². The van der Waals surface area contributed by atoms with E-state index in [9.17, 15) is 0 Å². The highest BCUT2D eigenvalue weighted by Crippen LogP contribution is 1.98. The number of nitrogens with zero attached hydrogens (tertiary/aromatic N) is 2. The fraction of sp³-hybridized carbons (Fsp3) is 0.909. The molecular weight excluding hydrogens is 174 g/mol. The SMILES string of the molecule is CCN(CC)CN=C(C)NC(C)(C)C. The molecule has 0 amide bonds. The topological polar surface area (TPSA) is 27.6 Å². The fourth-order valence-corrected chi connectivity index (χ4v) is 1.21. The summed E-state index contributed by atoms with van der Waals surface area (Å²) in [6.45, 7) is 15.7. The van der Waals surface area contributed by atoms with Gasteiger partial charge in [-0.3, -0.25) is 9.89 Å². The summed E-state index contributed by atoms with van der Waals surface area (Å²) in [6.07, 6.45) is 0. The predicted octanol–water partition coefficient (Wildman–Crippen LogP) is 2.09. The molecule has 0 rings (SSSR count). The summed E-state index contributed by atoms with van der Waals surface area (Å²) in [6, 6.07) is 0. The Morgan fingerprint density at radius 1 is 1.21 bits per heavy atom. The van der Waals surface area contributed by atoms with Crippen LogP contribution in [0, 0.1) is 0 Å². The van der Waals surface area contributed by atoms with Gasteiger partial charge in [-0.05, 0) is 40.8 Å². The Bertz CT molecular complexity index is 175. The lowest BCUT2D eigenvalue weighted by molar-refractivity contribution is 0.314. The fourth-order valence-electron chi connectivity index (χ4n) is 1.21. The molecule has 1 N–H and O–H groups in total. The molecule has 0 unspecified atom stereocenters. The standard InChI is InChI=1S/C11H25N3/c1-7-14(8-2)9-12-10(3)13-11(4,5)6/h7-9H2,1-6H3,(H,12,13). The van der Waals surface area contributed by atoms with E-state index >= 15 is 0 Å². The van der Waals surface area contributed by atoms with Gasteiger partial charge < -0.3 is 5.32 Å². The molecule has 0 aromatic carbocycles. The van der Waals surface area contributed by atoms with Crippen LogP contribution < -0.4 is 5.32 Å². The van der Waals surface area contributed by atoms with Gasteiger partial charge in [-0.1, -0.05) is 13.8 Å². The lowest BCUT2D eigenvalue weighted by atomic mass is 10.1. The lowest BCUT2D eigenvalue weighted by Crippen LogP contribution is -2.40. The van der Waals surface area contributed by atoms with Crippen LogP contribution in [0.25, 0.3) is 0 Å². The van der Waals surface area contributed by atoms with Crippen molar-refractivity contribution < 1.29 is 0 Å². The van der Waals surface area contributed by atoms with Gasteiger partial charge in [0.15, 0.2) is 0 Å². The Labute approximate surface area is 88.6 Å². The second kappa shape index (κ2) is 6.02. The minimum atomic E-state index is 0.108. The molecule has 84 valence electrons. The zero-order valence-electron chi connectivity index (χ0n) is 10.5. The third kappa shape index (κ3) is 6.89. The molecule has 0 saturated carbocycles. The third-order valence-electron chi connectivity index (χ3n) is 1.96. The van der Waals surface area contributed by atoms with Crippen LogP contribution in [0.15, 0.2) is 4.99 Å². The Morgan fingerprint density at radius 2 is 1.71 bits per heavy atom. The van der Waals surface area contributed by atoms with Gasteiger partial charge in [0.25, 0.3) is 0 Å². The zero-order valence-corrected chi connectivity index (χ0v) is 10.5. The molecule has 0 atom stereocenters. The maximum atomic E-state index is 4.48.